The van der Waals surface area contributed by atoms with E-state index in [-0.39, 0.29) is 0 Å². The lowest BCUT2D eigenvalue weighted by Crippen LogP contribution is -2.33. The number of aryl methyl sites for hydroxylation is 1. The zero-order valence-electron chi connectivity index (χ0n) is 12.2. The lowest BCUT2D eigenvalue weighted by atomic mass is 10.2. The molecule has 1 heterocycles. The fraction of sp³-hybridized carbons (Fsp3) is 0.714. The van der Waals surface area contributed by atoms with Crippen molar-refractivity contribution in [1.29, 1.82) is 0 Å². The van der Waals surface area contributed by atoms with E-state index < -0.39 is 0 Å². The minimum absolute atomic E-state index is 0.548. The van der Waals surface area contributed by atoms with E-state index in [0.717, 1.165) is 26.2 Å². The van der Waals surface area contributed by atoms with Gasteiger partial charge in [0.15, 0.2) is 0 Å². The summed E-state index contributed by atoms with van der Waals surface area (Å²) in [6.07, 6.45) is 0. The highest BCUT2D eigenvalue weighted by atomic mass is 32.1. The summed E-state index contributed by atoms with van der Waals surface area (Å²) < 4.78 is 5.19. The maximum absolute atomic E-state index is 5.19. The molecule has 0 unspecified atom stereocenters. The monoisotopic (exact) mass is 270 g/mol. The Bertz CT molecular complexity index is 350. The largest absolute Gasteiger partial charge is 0.383 e. The van der Waals surface area contributed by atoms with E-state index in [4.69, 9.17) is 4.74 Å². The Balaban J connectivity index is 2.67. The lowest BCUT2D eigenvalue weighted by molar-refractivity contribution is 0.125. The number of nitrogens with one attached hydrogen (secondary N) is 1. The maximum atomic E-state index is 5.19. The number of nitrogens with zero attached hydrogens (tertiary/aromatic N) is 1. The van der Waals surface area contributed by atoms with Crippen molar-refractivity contribution in [3.05, 3.63) is 21.4 Å². The third-order valence-corrected chi connectivity index (χ3v) is 4.20. The fourth-order valence-corrected chi connectivity index (χ4v) is 3.02. The van der Waals surface area contributed by atoms with E-state index in [1.807, 2.05) is 18.4 Å². The Hall–Kier alpha value is -0.420. The van der Waals surface area contributed by atoms with Gasteiger partial charge in [0.1, 0.15) is 0 Å². The normalized spacial score (nSPS) is 11.7. The highest BCUT2D eigenvalue weighted by Crippen LogP contribution is 2.23. The molecule has 0 aliphatic rings. The van der Waals surface area contributed by atoms with Crippen molar-refractivity contribution in [2.75, 3.05) is 27.3 Å². The molecule has 0 radical (unpaired) electrons. The predicted octanol–water partition coefficient (Wildman–Crippen LogP) is 2.63. The highest BCUT2D eigenvalue weighted by molar-refractivity contribution is 7.12. The van der Waals surface area contributed by atoms with Gasteiger partial charge in [-0.1, -0.05) is 0 Å². The highest BCUT2D eigenvalue weighted by Gasteiger charge is 2.13. The van der Waals surface area contributed by atoms with Gasteiger partial charge in [-0.05, 0) is 39.4 Å². The van der Waals surface area contributed by atoms with Crippen molar-refractivity contribution in [3.63, 3.8) is 0 Å². The van der Waals surface area contributed by atoms with Gasteiger partial charge in [0.05, 0.1) is 6.61 Å². The first-order valence-corrected chi connectivity index (χ1v) is 7.36. The molecule has 1 rings (SSSR count). The first kappa shape index (κ1) is 15.6. The number of hydrogen-bond donors (Lipinski definition) is 1. The predicted molar refractivity (Wildman–Crippen MR) is 79.2 cm³/mol. The molecule has 0 saturated heterocycles. The Morgan fingerprint density at radius 1 is 1.44 bits per heavy atom. The zero-order valence-corrected chi connectivity index (χ0v) is 13.1. The fourth-order valence-electron chi connectivity index (χ4n) is 1.95. The van der Waals surface area contributed by atoms with Gasteiger partial charge in [-0.15, -0.1) is 11.3 Å². The van der Waals surface area contributed by atoms with Crippen molar-refractivity contribution < 1.29 is 4.74 Å². The van der Waals surface area contributed by atoms with Crippen molar-refractivity contribution in [1.82, 2.24) is 10.2 Å². The first-order chi connectivity index (χ1) is 8.58. The van der Waals surface area contributed by atoms with E-state index in [9.17, 15) is 0 Å². The van der Waals surface area contributed by atoms with Gasteiger partial charge >= 0.3 is 0 Å². The van der Waals surface area contributed by atoms with Crippen molar-refractivity contribution in [3.8, 4) is 0 Å². The maximum Gasteiger partial charge on any atom is 0.0589 e. The quantitative estimate of drug-likeness (QED) is 0.786. The summed E-state index contributed by atoms with van der Waals surface area (Å²) in [5.41, 5.74) is 1.45. The minimum atomic E-state index is 0.548. The average Bonchev–Trinajstić information content (AvgIpc) is 2.65. The topological polar surface area (TPSA) is 24.5 Å². The molecule has 0 aliphatic carbocycles. The van der Waals surface area contributed by atoms with Crippen LogP contribution in [0.1, 0.15) is 29.2 Å². The molecule has 1 aromatic heterocycles. The Morgan fingerprint density at radius 3 is 2.72 bits per heavy atom. The van der Waals surface area contributed by atoms with Crippen molar-refractivity contribution in [2.45, 2.75) is 39.9 Å². The van der Waals surface area contributed by atoms with Gasteiger partial charge in [0.25, 0.3) is 0 Å². The van der Waals surface area contributed by atoms with E-state index >= 15 is 0 Å². The van der Waals surface area contributed by atoms with E-state index in [1.165, 1.54) is 15.3 Å². The zero-order chi connectivity index (χ0) is 13.5. The summed E-state index contributed by atoms with van der Waals surface area (Å²) in [6.45, 7) is 10.5. The summed E-state index contributed by atoms with van der Waals surface area (Å²) >= 11 is 1.90. The molecule has 0 aromatic carbocycles. The van der Waals surface area contributed by atoms with Crippen LogP contribution in [0.3, 0.4) is 0 Å². The van der Waals surface area contributed by atoms with E-state index in [1.54, 1.807) is 7.11 Å². The minimum Gasteiger partial charge on any atom is -0.383 e. The van der Waals surface area contributed by atoms with Crippen LogP contribution in [0.15, 0.2) is 6.07 Å². The number of ether oxygens (including phenoxy) is 1. The van der Waals surface area contributed by atoms with Gasteiger partial charge in [0, 0.05) is 42.5 Å². The molecule has 3 nitrogen and oxygen atoms in total. The summed E-state index contributed by atoms with van der Waals surface area (Å²) in [6, 6.07) is 2.88. The standard InChI is InChI=1S/C14H26N2OS/c1-11(2)16(6-7-17-5)10-13-8-14(9-15-4)18-12(13)3/h8,11,15H,6-7,9-10H2,1-5H3. The molecular weight excluding hydrogens is 244 g/mol. The third-order valence-electron chi connectivity index (χ3n) is 3.11. The number of methoxy groups -OCH3 is 1. The van der Waals surface area contributed by atoms with Crippen LogP contribution in [0.25, 0.3) is 0 Å². The van der Waals surface area contributed by atoms with Gasteiger partial charge in [0.2, 0.25) is 0 Å². The second kappa shape index (κ2) is 7.89. The summed E-state index contributed by atoms with van der Waals surface area (Å²) in [5.74, 6) is 0. The van der Waals surface area contributed by atoms with Crippen LogP contribution in [-0.4, -0.2) is 38.3 Å². The molecule has 0 bridgehead atoms. The van der Waals surface area contributed by atoms with Crippen LogP contribution < -0.4 is 5.32 Å². The third kappa shape index (κ3) is 4.69. The second-order valence-corrected chi connectivity index (χ2v) is 6.22. The number of rotatable bonds is 8. The molecule has 0 saturated carbocycles. The Morgan fingerprint density at radius 2 is 2.17 bits per heavy atom. The molecule has 0 amide bonds. The second-order valence-electron chi connectivity index (χ2n) is 4.88. The van der Waals surface area contributed by atoms with Crippen molar-refractivity contribution in [2.24, 2.45) is 0 Å². The lowest BCUT2D eigenvalue weighted by Gasteiger charge is -2.26. The molecule has 4 heteroatoms. The summed E-state index contributed by atoms with van der Waals surface area (Å²) in [5, 5.41) is 3.21. The number of thiophene rings is 1. The Kier molecular flexibility index (Phi) is 6.86. The first-order valence-electron chi connectivity index (χ1n) is 6.54. The smallest absolute Gasteiger partial charge is 0.0589 e. The van der Waals surface area contributed by atoms with Crippen LogP contribution in [-0.2, 0) is 17.8 Å². The Labute approximate surface area is 115 Å². The average molecular weight is 270 g/mol. The molecule has 18 heavy (non-hydrogen) atoms. The van der Waals surface area contributed by atoms with Gasteiger partial charge in [-0.3, -0.25) is 4.90 Å². The molecular formula is C14H26N2OS. The summed E-state index contributed by atoms with van der Waals surface area (Å²) in [7, 11) is 3.76. The molecule has 0 spiro atoms. The molecule has 1 N–H and O–H groups in total. The van der Waals surface area contributed by atoms with Crippen LogP contribution in [0.5, 0.6) is 0 Å². The van der Waals surface area contributed by atoms with E-state index in [0.29, 0.717) is 6.04 Å². The SMILES string of the molecule is CNCc1cc(CN(CCOC)C(C)C)c(C)s1. The van der Waals surface area contributed by atoms with E-state index in [2.05, 4.69) is 37.1 Å². The molecule has 1 aromatic rings. The van der Waals surface area contributed by atoms with Crippen LogP contribution in [0.2, 0.25) is 0 Å². The van der Waals surface area contributed by atoms with Gasteiger partial charge in [-0.2, -0.15) is 0 Å². The van der Waals surface area contributed by atoms with Gasteiger partial charge in [-0.25, -0.2) is 0 Å². The number of hydrogen-bond acceptors (Lipinski definition) is 4. The molecule has 104 valence electrons. The van der Waals surface area contributed by atoms with Crippen LogP contribution in [0.4, 0.5) is 0 Å². The van der Waals surface area contributed by atoms with Crippen molar-refractivity contribution >= 4 is 11.3 Å². The summed E-state index contributed by atoms with van der Waals surface area (Å²) in [4.78, 5) is 5.31. The van der Waals surface area contributed by atoms with Gasteiger partial charge < -0.3 is 10.1 Å². The van der Waals surface area contributed by atoms with Crippen LogP contribution >= 0.6 is 11.3 Å². The molecule has 0 atom stereocenters. The molecule has 0 fully saturated rings. The molecule has 0 aliphatic heterocycles. The van der Waals surface area contributed by atoms with Crippen LogP contribution in [0, 0.1) is 6.92 Å².